The van der Waals surface area contributed by atoms with E-state index in [2.05, 4.69) is 10.1 Å². The molecule has 5 nitrogen and oxygen atoms in total. The van der Waals surface area contributed by atoms with Gasteiger partial charge in [-0.25, -0.2) is 0 Å². The normalized spacial score (nSPS) is 11.4. The third-order valence-corrected chi connectivity index (χ3v) is 3.76. The maximum atomic E-state index is 12.7. The molecule has 27 heavy (non-hydrogen) atoms. The molecule has 0 bridgehead atoms. The number of nitriles is 1. The van der Waals surface area contributed by atoms with Crippen LogP contribution in [0.15, 0.2) is 42.0 Å². The summed E-state index contributed by atoms with van der Waals surface area (Å²) in [5, 5.41) is 13.4. The second-order valence-electron chi connectivity index (χ2n) is 5.55. The molecule has 0 aliphatic rings. The number of nitrogens with zero attached hydrogens (tertiary/aromatic N) is 1. The highest BCUT2D eigenvalue weighted by Gasteiger charge is 2.15. The maximum Gasteiger partial charge on any atom is 0.387 e. The van der Waals surface area contributed by atoms with Crippen LogP contribution in [0.25, 0.3) is 16.8 Å². The fourth-order valence-electron chi connectivity index (χ4n) is 2.53. The lowest BCUT2D eigenvalue weighted by Crippen LogP contribution is -2.26. The van der Waals surface area contributed by atoms with Gasteiger partial charge in [-0.05, 0) is 36.3 Å². The Balaban J connectivity index is 2.31. The summed E-state index contributed by atoms with van der Waals surface area (Å²) < 4.78 is 35.2. The van der Waals surface area contributed by atoms with Crippen molar-refractivity contribution in [2.24, 2.45) is 0 Å². The zero-order valence-corrected chi connectivity index (χ0v) is 14.9. The second kappa shape index (κ2) is 10.2. The number of hydrogen-bond acceptors (Lipinski definition) is 4. The first-order valence-corrected chi connectivity index (χ1v) is 8.51. The van der Waals surface area contributed by atoms with Crippen molar-refractivity contribution in [3.05, 3.63) is 47.5 Å². The van der Waals surface area contributed by atoms with Gasteiger partial charge in [-0.15, -0.1) is 0 Å². The lowest BCUT2D eigenvalue weighted by molar-refractivity contribution is -0.117. The summed E-state index contributed by atoms with van der Waals surface area (Å²) in [7, 11) is 0. The Hall–Kier alpha value is -2.98. The Bertz CT molecular complexity index is 860. The van der Waals surface area contributed by atoms with Crippen molar-refractivity contribution in [1.29, 1.82) is 5.26 Å². The number of benzene rings is 2. The predicted octanol–water partition coefficient (Wildman–Crippen LogP) is 3.89. The van der Waals surface area contributed by atoms with Gasteiger partial charge in [-0.1, -0.05) is 30.3 Å². The van der Waals surface area contributed by atoms with Gasteiger partial charge in [0.15, 0.2) is 0 Å². The van der Waals surface area contributed by atoms with Crippen LogP contribution in [0, 0.1) is 11.3 Å². The lowest BCUT2D eigenvalue weighted by Gasteiger charge is -2.12. The van der Waals surface area contributed by atoms with E-state index >= 15 is 0 Å². The van der Waals surface area contributed by atoms with Crippen molar-refractivity contribution in [2.45, 2.75) is 20.0 Å². The van der Waals surface area contributed by atoms with Crippen molar-refractivity contribution in [1.82, 2.24) is 5.32 Å². The highest BCUT2D eigenvalue weighted by Crippen LogP contribution is 2.31. The minimum absolute atomic E-state index is 0.0967. The van der Waals surface area contributed by atoms with Crippen LogP contribution in [0.4, 0.5) is 8.78 Å². The summed E-state index contributed by atoms with van der Waals surface area (Å²) >= 11 is 0. The molecule has 0 aromatic heterocycles. The molecule has 0 radical (unpaired) electrons. The van der Waals surface area contributed by atoms with Gasteiger partial charge in [0.2, 0.25) is 0 Å². The number of hydrogen-bond donors (Lipinski definition) is 1. The van der Waals surface area contributed by atoms with E-state index in [9.17, 15) is 18.8 Å². The maximum absolute atomic E-state index is 12.7. The molecule has 0 saturated carbocycles. The minimum atomic E-state index is -3.02. The molecule has 0 spiro atoms. The molecule has 142 valence electrons. The molecule has 1 N–H and O–H groups in total. The summed E-state index contributed by atoms with van der Waals surface area (Å²) in [6.45, 7) is 0.284. The predicted molar refractivity (Wildman–Crippen MR) is 98.3 cm³/mol. The summed E-state index contributed by atoms with van der Waals surface area (Å²) in [4.78, 5) is 12.2. The Morgan fingerprint density at radius 1 is 1.30 bits per heavy atom. The van der Waals surface area contributed by atoms with Crippen molar-refractivity contribution in [3.8, 4) is 11.8 Å². The zero-order valence-electron chi connectivity index (χ0n) is 14.9. The Kier molecular flexibility index (Phi) is 7.71. The molecule has 7 heteroatoms. The first-order chi connectivity index (χ1) is 13.1. The number of nitrogens with one attached hydrogen (secondary N) is 1. The first-order valence-electron chi connectivity index (χ1n) is 8.51. The molecule has 2 rings (SSSR count). The van der Waals surface area contributed by atoms with Crippen LogP contribution in [0.5, 0.6) is 5.75 Å². The van der Waals surface area contributed by atoms with Crippen molar-refractivity contribution >= 4 is 22.8 Å². The lowest BCUT2D eigenvalue weighted by atomic mass is 10.0. The molecule has 0 aliphatic heterocycles. The number of carbonyl (C=O) groups excluding carboxylic acids is 1. The summed E-state index contributed by atoms with van der Waals surface area (Å²) in [5.74, 6) is -0.675. The molecule has 0 atom stereocenters. The van der Waals surface area contributed by atoms with E-state index in [1.54, 1.807) is 30.3 Å². The quantitative estimate of drug-likeness (QED) is 0.411. The molecule has 1 amide bonds. The largest absolute Gasteiger partial charge is 0.434 e. The summed E-state index contributed by atoms with van der Waals surface area (Å²) in [5.41, 5.74) is 0.0660. The number of alkyl halides is 2. The van der Waals surface area contributed by atoms with Crippen LogP contribution >= 0.6 is 0 Å². The van der Waals surface area contributed by atoms with Gasteiger partial charge < -0.3 is 14.8 Å². The average Bonchev–Trinajstić information content (AvgIpc) is 2.66. The number of amides is 1. The van der Waals surface area contributed by atoms with Crippen LogP contribution in [-0.2, 0) is 9.53 Å². The molecule has 0 fully saturated rings. The van der Waals surface area contributed by atoms with Gasteiger partial charge >= 0.3 is 6.61 Å². The van der Waals surface area contributed by atoms with Gasteiger partial charge in [0, 0.05) is 25.3 Å². The molecule has 0 unspecified atom stereocenters. The fourth-order valence-corrected chi connectivity index (χ4v) is 2.53. The Morgan fingerprint density at radius 2 is 2.07 bits per heavy atom. The van der Waals surface area contributed by atoms with Crippen LogP contribution < -0.4 is 10.1 Å². The van der Waals surface area contributed by atoms with Gasteiger partial charge in [-0.2, -0.15) is 14.0 Å². The van der Waals surface area contributed by atoms with Crippen LogP contribution in [0.1, 0.15) is 18.9 Å². The minimum Gasteiger partial charge on any atom is -0.434 e. The molecule has 2 aromatic carbocycles. The van der Waals surface area contributed by atoms with E-state index in [1.165, 1.54) is 12.1 Å². The van der Waals surface area contributed by atoms with Crippen LogP contribution in [-0.4, -0.2) is 32.3 Å². The fraction of sp³-hybridized carbons (Fsp3) is 0.300. The van der Waals surface area contributed by atoms with E-state index in [0.717, 1.165) is 5.39 Å². The monoisotopic (exact) mass is 374 g/mol. The average molecular weight is 374 g/mol. The molecule has 0 aliphatic carbocycles. The first kappa shape index (κ1) is 20.3. The van der Waals surface area contributed by atoms with Gasteiger partial charge in [0.1, 0.15) is 17.4 Å². The number of rotatable bonds is 9. The topological polar surface area (TPSA) is 71.3 Å². The van der Waals surface area contributed by atoms with Gasteiger partial charge in [-0.3, -0.25) is 4.79 Å². The van der Waals surface area contributed by atoms with Crippen molar-refractivity contribution < 1.29 is 23.0 Å². The number of fused-ring (bicyclic) bond motifs is 1. The van der Waals surface area contributed by atoms with Gasteiger partial charge in [0.25, 0.3) is 5.91 Å². The second-order valence-corrected chi connectivity index (χ2v) is 5.55. The standard InChI is InChI=1S/C20H20F2N2O3/c1-2-26-11-5-10-24-19(25)15(13-23)12-17-16-7-4-3-6-14(16)8-9-18(17)27-20(21)22/h3-4,6-9,12,20H,2,5,10-11H2,1H3,(H,24,25)/b15-12+. The van der Waals surface area contributed by atoms with Crippen molar-refractivity contribution in [3.63, 3.8) is 0 Å². The van der Waals surface area contributed by atoms with Crippen LogP contribution in [0.3, 0.4) is 0 Å². The van der Waals surface area contributed by atoms with E-state index in [-0.39, 0.29) is 16.9 Å². The van der Waals surface area contributed by atoms with Crippen molar-refractivity contribution in [2.75, 3.05) is 19.8 Å². The van der Waals surface area contributed by atoms with E-state index < -0.39 is 12.5 Å². The molecule has 0 saturated heterocycles. The zero-order chi connectivity index (χ0) is 19.6. The SMILES string of the molecule is CCOCCCNC(=O)/C(C#N)=C/c1c(OC(F)F)ccc2ccccc12. The van der Waals surface area contributed by atoms with Crippen LogP contribution in [0.2, 0.25) is 0 Å². The number of ether oxygens (including phenoxy) is 2. The van der Waals surface area contributed by atoms with E-state index in [4.69, 9.17) is 4.74 Å². The summed E-state index contributed by atoms with van der Waals surface area (Å²) in [6.07, 6.45) is 1.88. The molecule has 2 aromatic rings. The number of carbonyl (C=O) groups is 1. The molecular weight excluding hydrogens is 354 g/mol. The third kappa shape index (κ3) is 5.76. The smallest absolute Gasteiger partial charge is 0.387 e. The third-order valence-electron chi connectivity index (χ3n) is 3.76. The summed E-state index contributed by atoms with van der Waals surface area (Å²) in [6, 6.07) is 11.9. The Labute approximate surface area is 156 Å². The van der Waals surface area contributed by atoms with E-state index in [0.29, 0.717) is 31.6 Å². The highest BCUT2D eigenvalue weighted by molar-refractivity contribution is 6.04. The Morgan fingerprint density at radius 3 is 2.78 bits per heavy atom. The molecule has 0 heterocycles. The number of halogens is 2. The highest BCUT2D eigenvalue weighted by atomic mass is 19.3. The molecular formula is C20H20F2N2O3. The van der Waals surface area contributed by atoms with Gasteiger partial charge in [0.05, 0.1) is 0 Å². The van der Waals surface area contributed by atoms with E-state index in [1.807, 2.05) is 13.0 Å².